The lowest BCUT2D eigenvalue weighted by Gasteiger charge is -2.44. The molecule has 2 amide bonds. The van der Waals surface area contributed by atoms with Gasteiger partial charge in [-0.1, -0.05) is 18.6 Å². The number of carbonyl (C=O) groups is 2. The van der Waals surface area contributed by atoms with E-state index < -0.39 is 11.5 Å². The van der Waals surface area contributed by atoms with Crippen molar-refractivity contribution >= 4 is 11.8 Å². The lowest BCUT2D eigenvalue weighted by molar-refractivity contribution is -0.146. The molecule has 4 nitrogen and oxygen atoms in total. The fourth-order valence-corrected chi connectivity index (χ4v) is 3.42. The third kappa shape index (κ3) is 2.38. The van der Waals surface area contributed by atoms with E-state index in [9.17, 15) is 14.0 Å². The topological polar surface area (TPSA) is 49.4 Å². The Morgan fingerprint density at radius 2 is 1.95 bits per heavy atom. The van der Waals surface area contributed by atoms with Gasteiger partial charge in [0.25, 0.3) is 0 Å². The van der Waals surface area contributed by atoms with Crippen LogP contribution in [0.25, 0.3) is 0 Å². The highest BCUT2D eigenvalue weighted by atomic mass is 19.1. The van der Waals surface area contributed by atoms with Crippen LogP contribution in [0.5, 0.6) is 0 Å². The van der Waals surface area contributed by atoms with E-state index >= 15 is 0 Å². The van der Waals surface area contributed by atoms with Gasteiger partial charge < -0.3 is 10.2 Å². The van der Waals surface area contributed by atoms with Gasteiger partial charge >= 0.3 is 0 Å². The van der Waals surface area contributed by atoms with Crippen molar-refractivity contribution in [3.63, 3.8) is 0 Å². The van der Waals surface area contributed by atoms with Crippen molar-refractivity contribution in [1.82, 2.24) is 10.2 Å². The zero-order valence-electron chi connectivity index (χ0n) is 12.8. The smallest absolute Gasteiger partial charge is 0.242 e. The fourth-order valence-electron chi connectivity index (χ4n) is 3.42. The largest absolute Gasteiger partial charge is 0.354 e. The molecule has 118 valence electrons. The lowest BCUT2D eigenvalue weighted by Crippen LogP contribution is -2.55. The molecule has 1 saturated heterocycles. The first kappa shape index (κ1) is 15.0. The average molecular weight is 304 g/mol. The van der Waals surface area contributed by atoms with Crippen molar-refractivity contribution in [2.24, 2.45) is 0 Å². The third-order valence-electron chi connectivity index (χ3n) is 5.00. The summed E-state index contributed by atoms with van der Waals surface area (Å²) in [6.07, 6.45) is 3.28. The van der Waals surface area contributed by atoms with Crippen LogP contribution in [0.3, 0.4) is 0 Å². The van der Waals surface area contributed by atoms with Gasteiger partial charge in [-0.3, -0.25) is 9.59 Å². The molecule has 5 heteroatoms. The Bertz CT molecular complexity index is 581. The number of rotatable bonds is 2. The summed E-state index contributed by atoms with van der Waals surface area (Å²) in [4.78, 5) is 26.8. The van der Waals surface area contributed by atoms with E-state index in [-0.39, 0.29) is 17.6 Å². The lowest BCUT2D eigenvalue weighted by atomic mass is 9.63. The van der Waals surface area contributed by atoms with Gasteiger partial charge in [0.05, 0.1) is 5.41 Å². The highest BCUT2D eigenvalue weighted by Gasteiger charge is 2.49. The summed E-state index contributed by atoms with van der Waals surface area (Å²) in [6, 6.07) is 5.76. The van der Waals surface area contributed by atoms with Gasteiger partial charge in [0, 0.05) is 13.1 Å². The number of amides is 2. The number of hydrogen-bond acceptors (Lipinski definition) is 2. The van der Waals surface area contributed by atoms with Crippen molar-refractivity contribution in [2.75, 3.05) is 13.1 Å². The van der Waals surface area contributed by atoms with E-state index in [0.717, 1.165) is 31.2 Å². The molecular weight excluding hydrogens is 283 g/mol. The van der Waals surface area contributed by atoms with E-state index in [0.29, 0.717) is 13.1 Å². The fraction of sp³-hybridized carbons (Fsp3) is 0.529. The van der Waals surface area contributed by atoms with Gasteiger partial charge in [-0.2, -0.15) is 0 Å². The Kier molecular flexibility index (Phi) is 3.89. The maximum Gasteiger partial charge on any atom is 0.242 e. The molecule has 0 aromatic heterocycles. The number of carbonyl (C=O) groups excluding carboxylic acids is 2. The van der Waals surface area contributed by atoms with Gasteiger partial charge in [0.15, 0.2) is 0 Å². The normalized spacial score (nSPS) is 24.2. The Labute approximate surface area is 129 Å². The van der Waals surface area contributed by atoms with Crippen molar-refractivity contribution in [3.05, 3.63) is 35.6 Å². The zero-order chi connectivity index (χ0) is 15.7. The summed E-state index contributed by atoms with van der Waals surface area (Å²) < 4.78 is 13.2. The van der Waals surface area contributed by atoms with Crippen molar-refractivity contribution in [3.8, 4) is 0 Å². The van der Waals surface area contributed by atoms with Crippen LogP contribution in [-0.2, 0) is 15.0 Å². The molecule has 1 aromatic carbocycles. The number of halogens is 1. The monoisotopic (exact) mass is 304 g/mol. The average Bonchev–Trinajstić information content (AvgIpc) is 2.62. The Morgan fingerprint density at radius 1 is 1.27 bits per heavy atom. The predicted octanol–water partition coefficient (Wildman–Crippen LogP) is 1.98. The molecule has 1 N–H and O–H groups in total. The number of hydrogen-bond donors (Lipinski definition) is 1. The third-order valence-corrected chi connectivity index (χ3v) is 5.00. The second kappa shape index (κ2) is 5.71. The summed E-state index contributed by atoms with van der Waals surface area (Å²) >= 11 is 0. The molecule has 3 rings (SSSR count). The summed E-state index contributed by atoms with van der Waals surface area (Å²) in [5.74, 6) is -0.387. The first-order valence-electron chi connectivity index (χ1n) is 7.89. The van der Waals surface area contributed by atoms with Crippen LogP contribution in [0.15, 0.2) is 24.3 Å². The van der Waals surface area contributed by atoms with Gasteiger partial charge in [-0.15, -0.1) is 0 Å². The summed E-state index contributed by atoms with van der Waals surface area (Å²) in [5, 5.41) is 2.83. The highest BCUT2D eigenvalue weighted by Crippen LogP contribution is 2.45. The SMILES string of the molecule is C[C@@H]1C(=O)NCCCN1C(=O)C1(c2ccc(F)cc2)CCC1. The van der Waals surface area contributed by atoms with Crippen LogP contribution in [0, 0.1) is 5.82 Å². The molecule has 1 saturated carbocycles. The molecule has 0 radical (unpaired) electrons. The van der Waals surface area contributed by atoms with Gasteiger partial charge in [0.2, 0.25) is 11.8 Å². The van der Waals surface area contributed by atoms with Crippen molar-refractivity contribution in [1.29, 1.82) is 0 Å². The second-order valence-electron chi connectivity index (χ2n) is 6.26. The molecule has 2 fully saturated rings. The quantitative estimate of drug-likeness (QED) is 0.908. The Balaban J connectivity index is 1.90. The van der Waals surface area contributed by atoms with Crippen molar-refractivity contribution < 1.29 is 14.0 Å². The number of nitrogens with one attached hydrogen (secondary N) is 1. The highest BCUT2D eigenvalue weighted by molar-refractivity contribution is 5.94. The molecule has 1 aromatic rings. The van der Waals surface area contributed by atoms with Crippen LogP contribution in [0.4, 0.5) is 4.39 Å². The van der Waals surface area contributed by atoms with Gasteiger partial charge in [-0.05, 0) is 43.9 Å². The number of benzene rings is 1. The Hall–Kier alpha value is -1.91. The van der Waals surface area contributed by atoms with E-state index in [1.54, 1.807) is 24.0 Å². The van der Waals surface area contributed by atoms with Crippen LogP contribution < -0.4 is 5.32 Å². The molecule has 0 unspecified atom stereocenters. The van der Waals surface area contributed by atoms with Crippen LogP contribution >= 0.6 is 0 Å². The zero-order valence-corrected chi connectivity index (χ0v) is 12.8. The van der Waals surface area contributed by atoms with E-state index in [4.69, 9.17) is 0 Å². The van der Waals surface area contributed by atoms with Crippen molar-refractivity contribution in [2.45, 2.75) is 44.1 Å². The standard InChI is InChI=1S/C17H21FN2O2/c1-12-15(21)19-10-3-11-20(12)16(22)17(8-2-9-17)13-4-6-14(18)7-5-13/h4-7,12H,2-3,8-11H2,1H3,(H,19,21)/t12-/m1/s1. The van der Waals surface area contributed by atoms with Crippen LogP contribution in [0.1, 0.15) is 38.2 Å². The second-order valence-corrected chi connectivity index (χ2v) is 6.26. The number of nitrogens with zero attached hydrogens (tertiary/aromatic N) is 1. The van der Waals surface area contributed by atoms with Gasteiger partial charge in [0.1, 0.15) is 11.9 Å². The van der Waals surface area contributed by atoms with Crippen LogP contribution in [0.2, 0.25) is 0 Å². The summed E-state index contributed by atoms with van der Waals surface area (Å²) in [6.45, 7) is 2.97. The van der Waals surface area contributed by atoms with E-state index in [2.05, 4.69) is 5.32 Å². The maximum atomic E-state index is 13.2. The molecule has 2 aliphatic rings. The summed E-state index contributed by atoms with van der Waals surface area (Å²) in [5.41, 5.74) is 0.286. The first-order valence-corrected chi connectivity index (χ1v) is 7.89. The van der Waals surface area contributed by atoms with Crippen LogP contribution in [-0.4, -0.2) is 35.8 Å². The minimum Gasteiger partial charge on any atom is -0.354 e. The van der Waals surface area contributed by atoms with E-state index in [1.165, 1.54) is 12.1 Å². The molecular formula is C17H21FN2O2. The molecule has 1 heterocycles. The minimum absolute atomic E-state index is 0.00917. The summed E-state index contributed by atoms with van der Waals surface area (Å²) in [7, 11) is 0. The molecule has 1 aliphatic heterocycles. The molecule has 1 aliphatic carbocycles. The van der Waals surface area contributed by atoms with Gasteiger partial charge in [-0.25, -0.2) is 4.39 Å². The van der Waals surface area contributed by atoms with E-state index in [1.807, 2.05) is 0 Å². The molecule has 22 heavy (non-hydrogen) atoms. The molecule has 0 bridgehead atoms. The Morgan fingerprint density at radius 3 is 2.55 bits per heavy atom. The predicted molar refractivity (Wildman–Crippen MR) is 80.7 cm³/mol. The maximum absolute atomic E-state index is 13.2. The molecule has 0 spiro atoms. The first-order chi connectivity index (χ1) is 10.5. The molecule has 1 atom stereocenters. The minimum atomic E-state index is -0.577.